The highest BCUT2D eigenvalue weighted by atomic mass is 14.2. The summed E-state index contributed by atoms with van der Waals surface area (Å²) in [5.74, 6) is 1.08. The molecule has 0 spiro atoms. The fourth-order valence-corrected chi connectivity index (χ4v) is 2.87. The van der Waals surface area contributed by atoms with E-state index in [2.05, 4.69) is 77.1 Å². The number of benzene rings is 2. The molecule has 0 aliphatic rings. The van der Waals surface area contributed by atoms with Crippen molar-refractivity contribution in [1.29, 1.82) is 0 Å². The molecule has 0 bridgehead atoms. The molecule has 2 aromatic carbocycles. The first kappa shape index (κ1) is 14.8. The fourth-order valence-electron chi connectivity index (χ4n) is 2.87. The lowest BCUT2D eigenvalue weighted by Crippen LogP contribution is -2.05. The van der Waals surface area contributed by atoms with Gasteiger partial charge in [0.1, 0.15) is 0 Å². The van der Waals surface area contributed by atoms with Crippen molar-refractivity contribution in [3.8, 4) is 0 Å². The smallest absolute Gasteiger partial charge is 0.00200 e. The van der Waals surface area contributed by atoms with Crippen LogP contribution in [-0.4, -0.2) is 0 Å². The van der Waals surface area contributed by atoms with Crippen LogP contribution in [0.4, 0.5) is 0 Å². The lowest BCUT2D eigenvalue weighted by molar-refractivity contribution is 0.815. The minimum absolute atomic E-state index is 0.522. The predicted molar refractivity (Wildman–Crippen MR) is 87.4 cm³/mol. The van der Waals surface area contributed by atoms with E-state index in [9.17, 15) is 0 Å². The lowest BCUT2D eigenvalue weighted by Gasteiger charge is -2.20. The normalized spacial score (nSPS) is 11.3. The van der Waals surface area contributed by atoms with Crippen molar-refractivity contribution in [3.05, 3.63) is 70.3 Å². The van der Waals surface area contributed by atoms with Gasteiger partial charge < -0.3 is 0 Å². The maximum absolute atomic E-state index is 3.55. The van der Waals surface area contributed by atoms with E-state index in [-0.39, 0.29) is 0 Å². The summed E-state index contributed by atoms with van der Waals surface area (Å²) in [4.78, 5) is 0. The van der Waals surface area contributed by atoms with Crippen LogP contribution in [-0.2, 0) is 6.42 Å². The Morgan fingerprint density at radius 3 is 2.15 bits per heavy atom. The molecule has 20 heavy (non-hydrogen) atoms. The van der Waals surface area contributed by atoms with Gasteiger partial charge in [-0.15, -0.1) is 0 Å². The summed E-state index contributed by atoms with van der Waals surface area (Å²) < 4.78 is 0. The summed E-state index contributed by atoms with van der Waals surface area (Å²) in [6.45, 7) is 11.3. The van der Waals surface area contributed by atoms with E-state index in [4.69, 9.17) is 0 Å². The van der Waals surface area contributed by atoms with E-state index in [1.54, 1.807) is 0 Å². The van der Waals surface area contributed by atoms with Crippen molar-refractivity contribution >= 4 is 0 Å². The van der Waals surface area contributed by atoms with Crippen LogP contribution < -0.4 is 0 Å². The maximum Gasteiger partial charge on any atom is -0.00200 e. The first-order chi connectivity index (χ1) is 9.50. The standard InChI is InChI=1S/C20H25/c1-14(2)18-11-12-19(15(3)4)20(16(18)5)13-17-9-7-6-8-10-17/h6-11,14-15H,13H2,1-5H3. The Hall–Kier alpha value is -1.56. The number of hydrogen-bond donors (Lipinski definition) is 0. The Labute approximate surface area is 123 Å². The van der Waals surface area contributed by atoms with Crippen molar-refractivity contribution in [3.63, 3.8) is 0 Å². The highest BCUT2D eigenvalue weighted by molar-refractivity contribution is 5.45. The third-order valence-corrected chi connectivity index (χ3v) is 4.02. The molecule has 0 saturated heterocycles. The molecule has 0 nitrogen and oxygen atoms in total. The molecule has 0 saturated carbocycles. The molecule has 1 radical (unpaired) electrons. The SMILES string of the molecule is Cc1c(C(C)C)c[c]c(C(C)C)c1Cc1ccccc1. The van der Waals surface area contributed by atoms with Gasteiger partial charge in [0.15, 0.2) is 0 Å². The number of hydrogen-bond acceptors (Lipinski definition) is 0. The highest BCUT2D eigenvalue weighted by Gasteiger charge is 2.14. The van der Waals surface area contributed by atoms with Crippen LogP contribution in [0.1, 0.15) is 67.3 Å². The molecule has 0 aliphatic carbocycles. The summed E-state index contributed by atoms with van der Waals surface area (Å²) in [7, 11) is 0. The van der Waals surface area contributed by atoms with Crippen molar-refractivity contribution in [2.75, 3.05) is 0 Å². The molecule has 105 valence electrons. The third-order valence-electron chi connectivity index (χ3n) is 4.02. The van der Waals surface area contributed by atoms with E-state index >= 15 is 0 Å². The van der Waals surface area contributed by atoms with Gasteiger partial charge in [0.05, 0.1) is 0 Å². The second-order valence-electron chi connectivity index (χ2n) is 6.23. The molecule has 2 rings (SSSR count). The van der Waals surface area contributed by atoms with E-state index < -0.39 is 0 Å². The van der Waals surface area contributed by atoms with Gasteiger partial charge in [0.25, 0.3) is 0 Å². The van der Waals surface area contributed by atoms with Gasteiger partial charge in [-0.2, -0.15) is 0 Å². The second-order valence-corrected chi connectivity index (χ2v) is 6.23. The van der Waals surface area contributed by atoms with Crippen molar-refractivity contribution in [2.45, 2.75) is 52.9 Å². The average molecular weight is 265 g/mol. The zero-order valence-corrected chi connectivity index (χ0v) is 13.3. The molecule has 0 heteroatoms. The summed E-state index contributed by atoms with van der Waals surface area (Å²) in [5, 5.41) is 0. The Morgan fingerprint density at radius 1 is 0.950 bits per heavy atom. The van der Waals surface area contributed by atoms with Crippen LogP contribution >= 0.6 is 0 Å². The van der Waals surface area contributed by atoms with Gasteiger partial charge >= 0.3 is 0 Å². The Bertz CT molecular complexity index is 562. The average Bonchev–Trinajstić information content (AvgIpc) is 2.41. The molecule has 0 heterocycles. The van der Waals surface area contributed by atoms with Gasteiger partial charge in [-0.25, -0.2) is 0 Å². The van der Waals surface area contributed by atoms with Crippen LogP contribution in [0.5, 0.6) is 0 Å². The largest absolute Gasteiger partial charge is 0.0622 e. The predicted octanol–water partition coefficient (Wildman–Crippen LogP) is 5.63. The van der Waals surface area contributed by atoms with E-state index in [1.807, 2.05) is 0 Å². The minimum Gasteiger partial charge on any atom is -0.0622 e. The maximum atomic E-state index is 3.55. The molecule has 0 unspecified atom stereocenters. The third kappa shape index (κ3) is 3.12. The highest BCUT2D eigenvalue weighted by Crippen LogP contribution is 2.30. The molecule has 0 atom stereocenters. The van der Waals surface area contributed by atoms with E-state index in [1.165, 1.54) is 27.8 Å². The summed E-state index contributed by atoms with van der Waals surface area (Å²) in [5.41, 5.74) is 7.10. The zero-order chi connectivity index (χ0) is 14.7. The molecular weight excluding hydrogens is 240 g/mol. The molecule has 0 aliphatic heterocycles. The van der Waals surface area contributed by atoms with Crippen LogP contribution in [0, 0.1) is 13.0 Å². The zero-order valence-electron chi connectivity index (χ0n) is 13.3. The summed E-state index contributed by atoms with van der Waals surface area (Å²) in [6, 6.07) is 16.5. The van der Waals surface area contributed by atoms with Crippen molar-refractivity contribution in [2.24, 2.45) is 0 Å². The van der Waals surface area contributed by atoms with E-state index in [0.717, 1.165) is 6.42 Å². The van der Waals surface area contributed by atoms with Gasteiger partial charge in [0, 0.05) is 0 Å². The molecule has 0 N–H and O–H groups in total. The Balaban J connectivity index is 2.50. The first-order valence-corrected chi connectivity index (χ1v) is 7.58. The summed E-state index contributed by atoms with van der Waals surface area (Å²) >= 11 is 0. The number of rotatable bonds is 4. The van der Waals surface area contributed by atoms with Crippen molar-refractivity contribution < 1.29 is 0 Å². The van der Waals surface area contributed by atoms with Crippen LogP contribution in [0.2, 0.25) is 0 Å². The minimum atomic E-state index is 0.522. The van der Waals surface area contributed by atoms with Crippen LogP contribution in [0.25, 0.3) is 0 Å². The van der Waals surface area contributed by atoms with Crippen LogP contribution in [0.15, 0.2) is 36.4 Å². The van der Waals surface area contributed by atoms with Crippen molar-refractivity contribution in [1.82, 2.24) is 0 Å². The van der Waals surface area contributed by atoms with Crippen LogP contribution in [0.3, 0.4) is 0 Å². The molecule has 0 aromatic heterocycles. The molecule has 2 aromatic rings. The van der Waals surface area contributed by atoms with Gasteiger partial charge in [-0.3, -0.25) is 0 Å². The quantitative estimate of drug-likeness (QED) is 0.671. The van der Waals surface area contributed by atoms with Gasteiger partial charge in [0.2, 0.25) is 0 Å². The topological polar surface area (TPSA) is 0 Å². The monoisotopic (exact) mass is 265 g/mol. The fraction of sp³-hybridized carbons (Fsp3) is 0.400. The lowest BCUT2D eigenvalue weighted by atomic mass is 9.85. The Morgan fingerprint density at radius 2 is 1.60 bits per heavy atom. The molecule has 0 fully saturated rings. The Kier molecular flexibility index (Phi) is 4.65. The second kappa shape index (κ2) is 6.26. The first-order valence-electron chi connectivity index (χ1n) is 7.58. The van der Waals surface area contributed by atoms with E-state index in [0.29, 0.717) is 11.8 Å². The molecule has 0 amide bonds. The van der Waals surface area contributed by atoms with Gasteiger partial charge in [-0.1, -0.05) is 64.1 Å². The van der Waals surface area contributed by atoms with Gasteiger partial charge in [-0.05, 0) is 59.1 Å². The summed E-state index contributed by atoms with van der Waals surface area (Å²) in [6.07, 6.45) is 1.01. The molecular formula is C20H25.